The molecule has 0 saturated heterocycles. The fraction of sp³-hybridized carbons (Fsp3) is 0.455. The maximum absolute atomic E-state index is 12.0. The van der Waals surface area contributed by atoms with E-state index in [1.165, 1.54) is 25.3 Å². The quantitative estimate of drug-likeness (QED) is 0.831. The highest BCUT2D eigenvalue weighted by atomic mass is 32.2. The highest BCUT2D eigenvalue weighted by Gasteiger charge is 2.27. The van der Waals surface area contributed by atoms with Gasteiger partial charge >= 0.3 is 6.18 Å². The molecular weight excluding hydrogens is 297 g/mol. The number of benzene rings is 1. The summed E-state index contributed by atoms with van der Waals surface area (Å²) in [6.45, 7) is -0.662. The Labute approximate surface area is 115 Å². The van der Waals surface area contributed by atoms with Crippen molar-refractivity contribution in [1.29, 1.82) is 0 Å². The first-order valence-electron chi connectivity index (χ1n) is 5.63. The Kier molecular flexibility index (Phi) is 5.37. The summed E-state index contributed by atoms with van der Waals surface area (Å²) in [5.41, 5.74) is 5.90. The maximum atomic E-state index is 12.0. The summed E-state index contributed by atoms with van der Waals surface area (Å²) in [6, 6.07) is 3.92. The second-order valence-electron chi connectivity index (χ2n) is 3.94. The van der Waals surface area contributed by atoms with E-state index in [2.05, 4.69) is 0 Å². The third-order valence-corrected chi connectivity index (χ3v) is 3.94. The maximum Gasteiger partial charge on any atom is 0.390 e. The Balaban J connectivity index is 2.87. The first-order valence-corrected chi connectivity index (χ1v) is 7.11. The van der Waals surface area contributed by atoms with Gasteiger partial charge in [0.05, 0.1) is 18.4 Å². The number of methoxy groups -OCH3 is 1. The summed E-state index contributed by atoms with van der Waals surface area (Å²) in [4.78, 5) is -0.152. The predicted molar refractivity (Wildman–Crippen MR) is 66.7 cm³/mol. The van der Waals surface area contributed by atoms with E-state index < -0.39 is 29.2 Å². The van der Waals surface area contributed by atoms with Gasteiger partial charge in [-0.25, -0.2) is 13.1 Å². The average Bonchev–Trinajstić information content (AvgIpc) is 2.36. The molecule has 1 aromatic carbocycles. The SMILES string of the molecule is COc1ccc(S(=O)(=O)NCCC(F)(F)F)cc1CN. The van der Waals surface area contributed by atoms with Crippen LogP contribution in [0.2, 0.25) is 0 Å². The van der Waals surface area contributed by atoms with Gasteiger partial charge in [-0.3, -0.25) is 0 Å². The van der Waals surface area contributed by atoms with E-state index in [-0.39, 0.29) is 11.4 Å². The van der Waals surface area contributed by atoms with Crippen molar-refractivity contribution in [3.63, 3.8) is 0 Å². The lowest BCUT2D eigenvalue weighted by Gasteiger charge is -2.11. The predicted octanol–water partition coefficient (Wildman–Crippen LogP) is 1.38. The number of nitrogens with one attached hydrogen (secondary N) is 1. The van der Waals surface area contributed by atoms with Crippen molar-refractivity contribution in [1.82, 2.24) is 4.72 Å². The van der Waals surface area contributed by atoms with Crippen LogP contribution in [0.3, 0.4) is 0 Å². The average molecular weight is 312 g/mol. The summed E-state index contributed by atoms with van der Waals surface area (Å²) < 4.78 is 66.5. The Morgan fingerprint density at radius 1 is 1.35 bits per heavy atom. The molecule has 0 aliphatic carbocycles. The zero-order valence-corrected chi connectivity index (χ0v) is 11.5. The van der Waals surface area contributed by atoms with Crippen molar-refractivity contribution < 1.29 is 26.3 Å². The first-order chi connectivity index (χ1) is 9.19. The van der Waals surface area contributed by atoms with Gasteiger partial charge in [0.1, 0.15) is 5.75 Å². The van der Waals surface area contributed by atoms with Crippen LogP contribution < -0.4 is 15.2 Å². The van der Waals surface area contributed by atoms with E-state index in [4.69, 9.17) is 10.5 Å². The van der Waals surface area contributed by atoms with Crippen molar-refractivity contribution >= 4 is 10.0 Å². The minimum atomic E-state index is -4.41. The molecule has 0 saturated carbocycles. The zero-order chi connectivity index (χ0) is 15.4. The number of hydrogen-bond acceptors (Lipinski definition) is 4. The monoisotopic (exact) mass is 312 g/mol. The molecule has 0 bridgehead atoms. The van der Waals surface area contributed by atoms with Crippen LogP contribution >= 0.6 is 0 Å². The normalized spacial score (nSPS) is 12.4. The van der Waals surface area contributed by atoms with Crippen LogP contribution in [0.15, 0.2) is 23.1 Å². The molecule has 3 N–H and O–H groups in total. The molecule has 0 spiro atoms. The van der Waals surface area contributed by atoms with E-state index in [0.717, 1.165) is 0 Å². The van der Waals surface area contributed by atoms with Crippen LogP contribution in [-0.4, -0.2) is 28.2 Å². The number of nitrogens with two attached hydrogens (primary N) is 1. The number of hydrogen-bond donors (Lipinski definition) is 2. The molecule has 0 unspecified atom stereocenters. The van der Waals surface area contributed by atoms with Crippen LogP contribution in [0.25, 0.3) is 0 Å². The zero-order valence-electron chi connectivity index (χ0n) is 10.7. The molecule has 1 rings (SSSR count). The highest BCUT2D eigenvalue weighted by Crippen LogP contribution is 2.22. The van der Waals surface area contributed by atoms with Crippen molar-refractivity contribution in [2.75, 3.05) is 13.7 Å². The van der Waals surface area contributed by atoms with E-state index in [9.17, 15) is 21.6 Å². The van der Waals surface area contributed by atoms with Gasteiger partial charge in [0.25, 0.3) is 0 Å². The van der Waals surface area contributed by atoms with Gasteiger partial charge in [-0.2, -0.15) is 13.2 Å². The molecule has 20 heavy (non-hydrogen) atoms. The third-order valence-electron chi connectivity index (χ3n) is 2.48. The molecule has 0 atom stereocenters. The molecular formula is C11H15F3N2O3S. The van der Waals surface area contributed by atoms with E-state index in [1.807, 2.05) is 4.72 Å². The van der Waals surface area contributed by atoms with Gasteiger partial charge in [0.15, 0.2) is 0 Å². The number of sulfonamides is 1. The minimum Gasteiger partial charge on any atom is -0.496 e. The fourth-order valence-corrected chi connectivity index (χ4v) is 2.57. The lowest BCUT2D eigenvalue weighted by Crippen LogP contribution is -2.28. The smallest absolute Gasteiger partial charge is 0.390 e. The van der Waals surface area contributed by atoms with Crippen LogP contribution in [-0.2, 0) is 16.6 Å². The molecule has 0 aromatic heterocycles. The fourth-order valence-electron chi connectivity index (χ4n) is 1.49. The van der Waals surface area contributed by atoms with Crippen LogP contribution in [0.5, 0.6) is 5.75 Å². The molecule has 0 aliphatic heterocycles. The topological polar surface area (TPSA) is 81.4 Å². The Hall–Kier alpha value is -1.32. The van der Waals surface area contributed by atoms with E-state index in [1.54, 1.807) is 0 Å². The van der Waals surface area contributed by atoms with Gasteiger partial charge < -0.3 is 10.5 Å². The third kappa shape index (κ3) is 4.66. The molecule has 0 fully saturated rings. The van der Waals surface area contributed by atoms with Crippen LogP contribution in [0, 0.1) is 0 Å². The van der Waals surface area contributed by atoms with Crippen molar-refractivity contribution in [3.05, 3.63) is 23.8 Å². The molecule has 1 aromatic rings. The molecule has 9 heteroatoms. The van der Waals surface area contributed by atoms with Gasteiger partial charge in [-0.05, 0) is 18.2 Å². The van der Waals surface area contributed by atoms with Gasteiger partial charge in [0, 0.05) is 18.7 Å². The van der Waals surface area contributed by atoms with Crippen molar-refractivity contribution in [2.45, 2.75) is 24.0 Å². The molecule has 0 heterocycles. The van der Waals surface area contributed by atoms with Crippen LogP contribution in [0.1, 0.15) is 12.0 Å². The summed E-state index contributed by atoms with van der Waals surface area (Å²) in [6.07, 6.45) is -5.64. The standard InChI is InChI=1S/C11H15F3N2O3S/c1-19-10-3-2-9(6-8(10)7-15)20(17,18)16-5-4-11(12,13)14/h2-3,6,16H,4-5,7,15H2,1H3. The largest absolute Gasteiger partial charge is 0.496 e. The summed E-state index contributed by atoms with van der Waals surface area (Å²) in [5.74, 6) is 0.418. The second-order valence-corrected chi connectivity index (χ2v) is 5.71. The number of ether oxygens (including phenoxy) is 1. The first kappa shape index (κ1) is 16.7. The number of halogens is 3. The lowest BCUT2D eigenvalue weighted by molar-refractivity contribution is -0.132. The lowest BCUT2D eigenvalue weighted by atomic mass is 10.2. The van der Waals surface area contributed by atoms with Crippen molar-refractivity contribution in [3.8, 4) is 5.75 Å². The molecule has 114 valence electrons. The molecule has 0 aliphatic rings. The molecule has 5 nitrogen and oxygen atoms in total. The summed E-state index contributed by atoms with van der Waals surface area (Å²) >= 11 is 0. The molecule has 0 amide bonds. The number of alkyl halides is 3. The van der Waals surface area contributed by atoms with Gasteiger partial charge in [-0.1, -0.05) is 0 Å². The Morgan fingerprint density at radius 2 is 2.00 bits per heavy atom. The minimum absolute atomic E-state index is 0.0507. The Bertz CT molecular complexity index is 559. The van der Waals surface area contributed by atoms with E-state index in [0.29, 0.717) is 11.3 Å². The van der Waals surface area contributed by atoms with Gasteiger partial charge in [0.2, 0.25) is 10.0 Å². The molecule has 0 radical (unpaired) electrons. The van der Waals surface area contributed by atoms with Crippen LogP contribution in [0.4, 0.5) is 13.2 Å². The summed E-state index contributed by atoms with van der Waals surface area (Å²) in [5, 5.41) is 0. The number of rotatable bonds is 6. The Morgan fingerprint density at radius 3 is 2.50 bits per heavy atom. The van der Waals surface area contributed by atoms with Crippen molar-refractivity contribution in [2.24, 2.45) is 5.73 Å². The van der Waals surface area contributed by atoms with E-state index >= 15 is 0 Å². The highest BCUT2D eigenvalue weighted by molar-refractivity contribution is 7.89. The summed E-state index contributed by atoms with van der Waals surface area (Å²) in [7, 11) is -2.59. The van der Waals surface area contributed by atoms with Gasteiger partial charge in [-0.15, -0.1) is 0 Å². The second kappa shape index (κ2) is 6.42.